The van der Waals surface area contributed by atoms with Gasteiger partial charge in [-0.25, -0.2) is 8.78 Å². The number of ether oxygens (including phenoxy) is 1. The molecule has 3 heteroatoms. The third kappa shape index (κ3) is 5.42. The highest BCUT2D eigenvalue weighted by molar-refractivity contribution is 5.32. The molecule has 2 aromatic rings. The lowest BCUT2D eigenvalue weighted by Gasteiger charge is -2.38. The number of halogens is 2. The van der Waals surface area contributed by atoms with Gasteiger partial charge in [-0.3, -0.25) is 0 Å². The van der Waals surface area contributed by atoms with Crippen molar-refractivity contribution in [3.05, 3.63) is 65.2 Å². The monoisotopic (exact) mass is 412 g/mol. The minimum atomic E-state index is -0.282. The summed E-state index contributed by atoms with van der Waals surface area (Å²) in [6.45, 7) is 2.57. The Morgan fingerprint density at radius 1 is 0.800 bits per heavy atom. The van der Waals surface area contributed by atoms with Crippen LogP contribution >= 0.6 is 0 Å². The average Bonchev–Trinajstić information content (AvgIpc) is 2.78. The van der Waals surface area contributed by atoms with Crippen molar-refractivity contribution in [2.75, 3.05) is 0 Å². The molecule has 0 N–H and O–H groups in total. The Labute approximate surface area is 179 Å². The molecule has 1 nitrogen and oxygen atoms in total. The molecule has 2 aliphatic rings. The van der Waals surface area contributed by atoms with Crippen LogP contribution in [0.25, 0.3) is 0 Å². The van der Waals surface area contributed by atoms with Gasteiger partial charge in [0, 0.05) is 6.07 Å². The lowest BCUT2D eigenvalue weighted by molar-refractivity contribution is 0.158. The van der Waals surface area contributed by atoms with E-state index < -0.39 is 0 Å². The van der Waals surface area contributed by atoms with Crippen LogP contribution in [0, 0.1) is 29.4 Å². The molecule has 0 saturated heterocycles. The van der Waals surface area contributed by atoms with Crippen molar-refractivity contribution < 1.29 is 13.5 Å². The molecule has 30 heavy (non-hydrogen) atoms. The molecule has 4 rings (SSSR count). The maximum absolute atomic E-state index is 14.3. The molecule has 162 valence electrons. The molecule has 0 unspecified atom stereocenters. The highest BCUT2D eigenvalue weighted by Gasteiger charge is 2.31. The summed E-state index contributed by atoms with van der Waals surface area (Å²) in [5.41, 5.74) is 1.80. The SMILES string of the molecule is CCC1CCC(C2CCC(c3cc(F)cc(OCc4cccc(F)c4)c3)CC2)CC1. The highest BCUT2D eigenvalue weighted by Crippen LogP contribution is 2.44. The lowest BCUT2D eigenvalue weighted by Crippen LogP contribution is -2.25. The van der Waals surface area contributed by atoms with E-state index in [4.69, 9.17) is 4.74 Å². The molecular formula is C27H34F2O. The summed E-state index contributed by atoms with van der Waals surface area (Å²) < 4.78 is 33.4. The van der Waals surface area contributed by atoms with Gasteiger partial charge in [-0.05, 0) is 97.6 Å². The first-order valence-electron chi connectivity index (χ1n) is 11.8. The Morgan fingerprint density at radius 2 is 1.50 bits per heavy atom. The van der Waals surface area contributed by atoms with Crippen LogP contribution in [0.2, 0.25) is 0 Å². The lowest BCUT2D eigenvalue weighted by atomic mass is 9.68. The molecule has 0 aliphatic heterocycles. The summed E-state index contributed by atoms with van der Waals surface area (Å²) in [6, 6.07) is 11.4. The fraction of sp³-hybridized carbons (Fsp3) is 0.556. The fourth-order valence-electron chi connectivity index (χ4n) is 5.69. The van der Waals surface area contributed by atoms with Crippen LogP contribution in [-0.2, 0) is 6.61 Å². The first-order chi connectivity index (χ1) is 14.6. The molecule has 0 radical (unpaired) electrons. The van der Waals surface area contributed by atoms with E-state index in [0.29, 0.717) is 11.7 Å². The second-order valence-corrected chi connectivity index (χ2v) is 9.44. The van der Waals surface area contributed by atoms with Crippen molar-refractivity contribution >= 4 is 0 Å². The van der Waals surface area contributed by atoms with Gasteiger partial charge < -0.3 is 4.74 Å². The third-order valence-corrected chi connectivity index (χ3v) is 7.57. The molecule has 2 saturated carbocycles. The quantitative estimate of drug-likeness (QED) is 0.466. The largest absolute Gasteiger partial charge is 0.489 e. The maximum Gasteiger partial charge on any atom is 0.127 e. The predicted octanol–water partition coefficient (Wildman–Crippen LogP) is 8.03. The first kappa shape index (κ1) is 21.3. The van der Waals surface area contributed by atoms with Gasteiger partial charge in [-0.15, -0.1) is 0 Å². The zero-order chi connectivity index (χ0) is 20.9. The Hall–Kier alpha value is -1.90. The summed E-state index contributed by atoms with van der Waals surface area (Å²) in [6.07, 6.45) is 11.8. The zero-order valence-corrected chi connectivity index (χ0v) is 18.1. The van der Waals surface area contributed by atoms with Crippen LogP contribution < -0.4 is 4.74 Å². The van der Waals surface area contributed by atoms with Crippen LogP contribution in [0.1, 0.15) is 81.8 Å². The van der Waals surface area contributed by atoms with Crippen molar-refractivity contribution in [2.45, 2.75) is 77.2 Å². The molecule has 0 spiro atoms. The Balaban J connectivity index is 1.33. The fourth-order valence-corrected chi connectivity index (χ4v) is 5.69. The van der Waals surface area contributed by atoms with E-state index in [1.807, 2.05) is 12.1 Å². The van der Waals surface area contributed by atoms with E-state index in [9.17, 15) is 8.78 Å². The van der Waals surface area contributed by atoms with E-state index in [0.717, 1.165) is 41.7 Å². The van der Waals surface area contributed by atoms with Crippen LogP contribution in [-0.4, -0.2) is 0 Å². The standard InChI is InChI=1S/C27H34F2O/c1-2-19-6-8-21(9-7-19)22-10-12-23(13-11-22)24-15-26(29)17-27(16-24)30-18-20-4-3-5-25(28)14-20/h3-5,14-17,19,21-23H,2,6-13,18H2,1H3. The van der Waals surface area contributed by atoms with Crippen molar-refractivity contribution in [1.29, 1.82) is 0 Å². The summed E-state index contributed by atoms with van der Waals surface area (Å²) in [5.74, 6) is 3.14. The Kier molecular flexibility index (Phi) is 7.07. The van der Waals surface area contributed by atoms with Gasteiger partial charge in [0.2, 0.25) is 0 Å². The van der Waals surface area contributed by atoms with E-state index in [-0.39, 0.29) is 18.2 Å². The van der Waals surface area contributed by atoms with Crippen LogP contribution in [0.4, 0.5) is 8.78 Å². The molecule has 2 fully saturated rings. The molecule has 0 bridgehead atoms. The van der Waals surface area contributed by atoms with Gasteiger partial charge in [0.15, 0.2) is 0 Å². The first-order valence-corrected chi connectivity index (χ1v) is 11.8. The van der Waals surface area contributed by atoms with Gasteiger partial charge in [0.05, 0.1) is 0 Å². The number of hydrogen-bond acceptors (Lipinski definition) is 1. The molecule has 0 heterocycles. The van der Waals surface area contributed by atoms with E-state index >= 15 is 0 Å². The minimum absolute atomic E-state index is 0.244. The van der Waals surface area contributed by atoms with Gasteiger partial charge in [-0.1, -0.05) is 38.3 Å². The number of hydrogen-bond donors (Lipinski definition) is 0. The molecule has 0 atom stereocenters. The van der Waals surface area contributed by atoms with Crippen molar-refractivity contribution in [3.63, 3.8) is 0 Å². The predicted molar refractivity (Wildman–Crippen MR) is 118 cm³/mol. The molecule has 0 aromatic heterocycles. The van der Waals surface area contributed by atoms with Gasteiger partial charge in [0.1, 0.15) is 24.0 Å². The summed E-state index contributed by atoms with van der Waals surface area (Å²) in [4.78, 5) is 0. The van der Waals surface area contributed by atoms with Crippen LogP contribution in [0.3, 0.4) is 0 Å². The molecule has 2 aromatic carbocycles. The van der Waals surface area contributed by atoms with E-state index in [2.05, 4.69) is 6.92 Å². The van der Waals surface area contributed by atoms with Crippen molar-refractivity contribution in [3.8, 4) is 5.75 Å². The maximum atomic E-state index is 14.3. The molecule has 2 aliphatic carbocycles. The second kappa shape index (κ2) is 9.94. The normalized spacial score (nSPS) is 27.0. The van der Waals surface area contributed by atoms with Crippen molar-refractivity contribution in [1.82, 2.24) is 0 Å². The van der Waals surface area contributed by atoms with Gasteiger partial charge in [-0.2, -0.15) is 0 Å². The summed E-state index contributed by atoms with van der Waals surface area (Å²) in [7, 11) is 0. The average molecular weight is 413 g/mol. The Bertz CT molecular complexity index is 817. The molecular weight excluding hydrogens is 378 g/mol. The Morgan fingerprint density at radius 3 is 2.17 bits per heavy atom. The van der Waals surface area contributed by atoms with E-state index in [1.165, 1.54) is 63.1 Å². The summed E-state index contributed by atoms with van der Waals surface area (Å²) in [5, 5.41) is 0. The second-order valence-electron chi connectivity index (χ2n) is 9.44. The van der Waals surface area contributed by atoms with E-state index in [1.54, 1.807) is 12.1 Å². The third-order valence-electron chi connectivity index (χ3n) is 7.57. The van der Waals surface area contributed by atoms with Gasteiger partial charge in [0.25, 0.3) is 0 Å². The highest BCUT2D eigenvalue weighted by atomic mass is 19.1. The van der Waals surface area contributed by atoms with Gasteiger partial charge >= 0.3 is 0 Å². The van der Waals surface area contributed by atoms with Crippen molar-refractivity contribution in [2.24, 2.45) is 17.8 Å². The summed E-state index contributed by atoms with van der Waals surface area (Å²) >= 11 is 0. The zero-order valence-electron chi connectivity index (χ0n) is 18.1. The number of benzene rings is 2. The topological polar surface area (TPSA) is 9.23 Å². The van der Waals surface area contributed by atoms with Crippen LogP contribution in [0.15, 0.2) is 42.5 Å². The molecule has 0 amide bonds. The minimum Gasteiger partial charge on any atom is -0.489 e. The smallest absolute Gasteiger partial charge is 0.127 e. The van der Waals surface area contributed by atoms with Crippen LogP contribution in [0.5, 0.6) is 5.75 Å². The number of rotatable bonds is 6.